The molecule has 1 aromatic rings. The Morgan fingerprint density at radius 1 is 1.29 bits per heavy atom. The first kappa shape index (κ1) is 15.7. The minimum Gasteiger partial charge on any atom is -0.381 e. The molecule has 4 nitrogen and oxygen atoms in total. The normalized spacial score (nSPS) is 18.3. The predicted octanol–water partition coefficient (Wildman–Crippen LogP) is 2.29. The summed E-state index contributed by atoms with van der Waals surface area (Å²) >= 11 is 0. The van der Waals surface area contributed by atoms with Crippen molar-refractivity contribution in [3.63, 3.8) is 0 Å². The number of hydrogen-bond donors (Lipinski definition) is 2. The molecule has 0 radical (unpaired) electrons. The first-order chi connectivity index (χ1) is 9.72. The van der Waals surface area contributed by atoms with E-state index in [-0.39, 0.29) is 18.5 Å². The van der Waals surface area contributed by atoms with Gasteiger partial charge in [0.2, 0.25) is 5.91 Å². The highest BCUT2D eigenvalue weighted by Crippen LogP contribution is 2.33. The molecule has 0 bridgehead atoms. The third-order valence-electron chi connectivity index (χ3n) is 3.37. The number of alkyl halides is 3. The van der Waals surface area contributed by atoms with E-state index < -0.39 is 29.0 Å². The second kappa shape index (κ2) is 5.61. The highest BCUT2D eigenvalue weighted by atomic mass is 19.4. The fraction of sp³-hybridized carbons (Fsp3) is 0.462. The van der Waals surface area contributed by atoms with Crippen molar-refractivity contribution in [1.82, 2.24) is 0 Å². The minimum atomic E-state index is -4.83. The van der Waals surface area contributed by atoms with Crippen molar-refractivity contribution >= 4 is 11.6 Å². The van der Waals surface area contributed by atoms with Crippen molar-refractivity contribution in [2.45, 2.75) is 24.6 Å². The number of nitrogens with two attached hydrogens (primary N) is 1. The van der Waals surface area contributed by atoms with Gasteiger partial charge in [0.05, 0.1) is 5.56 Å². The lowest BCUT2D eigenvalue weighted by molar-refractivity contribution is -0.140. The van der Waals surface area contributed by atoms with Gasteiger partial charge in [-0.05, 0) is 31.0 Å². The van der Waals surface area contributed by atoms with E-state index in [2.05, 4.69) is 5.32 Å². The molecule has 2 rings (SSSR count). The van der Waals surface area contributed by atoms with Crippen LogP contribution in [0.25, 0.3) is 0 Å². The van der Waals surface area contributed by atoms with Crippen LogP contribution in [0.3, 0.4) is 0 Å². The topological polar surface area (TPSA) is 64.4 Å². The maximum Gasteiger partial charge on any atom is 0.419 e. The zero-order valence-electron chi connectivity index (χ0n) is 11.0. The van der Waals surface area contributed by atoms with Gasteiger partial charge in [0, 0.05) is 18.9 Å². The van der Waals surface area contributed by atoms with Crippen LogP contribution in [0, 0.1) is 5.82 Å². The van der Waals surface area contributed by atoms with E-state index in [1.807, 2.05) is 0 Å². The van der Waals surface area contributed by atoms with Crippen LogP contribution in [0.4, 0.5) is 23.2 Å². The smallest absolute Gasteiger partial charge is 0.381 e. The predicted molar refractivity (Wildman–Crippen MR) is 67.0 cm³/mol. The second-order valence-corrected chi connectivity index (χ2v) is 4.92. The maximum atomic E-state index is 13.2. The molecule has 1 amide bonds. The summed E-state index contributed by atoms with van der Waals surface area (Å²) in [5, 5.41) is 2.31. The summed E-state index contributed by atoms with van der Waals surface area (Å²) in [6.07, 6.45) is -4.29. The second-order valence-electron chi connectivity index (χ2n) is 4.92. The molecule has 1 fully saturated rings. The van der Waals surface area contributed by atoms with Crippen molar-refractivity contribution in [1.29, 1.82) is 0 Å². The standard InChI is InChI=1S/C13H14F4N2O2/c14-10-2-1-8(7-9(10)13(15,16)17)19-11(20)12(18)3-5-21-6-4-12/h1-2,7H,3-6,18H2,(H,19,20). The van der Waals surface area contributed by atoms with Gasteiger partial charge in [-0.1, -0.05) is 0 Å². The molecular weight excluding hydrogens is 292 g/mol. The lowest BCUT2D eigenvalue weighted by atomic mass is 9.90. The Balaban J connectivity index is 2.18. The Morgan fingerprint density at radius 2 is 1.90 bits per heavy atom. The number of anilines is 1. The SMILES string of the molecule is NC1(C(=O)Nc2ccc(F)c(C(F)(F)F)c2)CCOCC1. The zero-order valence-corrected chi connectivity index (χ0v) is 11.0. The van der Waals surface area contributed by atoms with Gasteiger partial charge >= 0.3 is 6.18 Å². The van der Waals surface area contributed by atoms with Crippen molar-refractivity contribution in [2.24, 2.45) is 5.73 Å². The van der Waals surface area contributed by atoms with Crippen molar-refractivity contribution < 1.29 is 27.1 Å². The average Bonchev–Trinajstić information content (AvgIpc) is 2.40. The number of carbonyl (C=O) groups excluding carboxylic acids is 1. The highest BCUT2D eigenvalue weighted by Gasteiger charge is 2.37. The van der Waals surface area contributed by atoms with Gasteiger partial charge in [-0.15, -0.1) is 0 Å². The number of nitrogens with one attached hydrogen (secondary N) is 1. The van der Waals surface area contributed by atoms with Gasteiger partial charge in [0.25, 0.3) is 0 Å². The van der Waals surface area contributed by atoms with Gasteiger partial charge in [-0.25, -0.2) is 4.39 Å². The monoisotopic (exact) mass is 306 g/mol. The molecule has 1 aromatic carbocycles. The summed E-state index contributed by atoms with van der Waals surface area (Å²) in [6.45, 7) is 0.613. The first-order valence-electron chi connectivity index (χ1n) is 6.27. The van der Waals surface area contributed by atoms with Crippen LogP contribution < -0.4 is 11.1 Å². The molecule has 0 unspecified atom stereocenters. The number of carbonyl (C=O) groups is 1. The average molecular weight is 306 g/mol. The van der Waals surface area contributed by atoms with Crippen LogP contribution in [0.2, 0.25) is 0 Å². The summed E-state index contributed by atoms with van der Waals surface area (Å²) in [6, 6.07) is 2.27. The molecule has 3 N–H and O–H groups in total. The zero-order chi connectivity index (χ0) is 15.7. The van der Waals surface area contributed by atoms with E-state index in [1.165, 1.54) is 0 Å². The minimum absolute atomic E-state index is 0.148. The summed E-state index contributed by atoms with van der Waals surface area (Å²) in [4.78, 5) is 12.1. The molecule has 116 valence electrons. The Hall–Kier alpha value is -1.67. The Morgan fingerprint density at radius 3 is 2.48 bits per heavy atom. The Labute approximate surface area is 118 Å². The van der Waals surface area contributed by atoms with Gasteiger partial charge < -0.3 is 15.8 Å². The van der Waals surface area contributed by atoms with E-state index >= 15 is 0 Å². The van der Waals surface area contributed by atoms with E-state index in [4.69, 9.17) is 10.5 Å². The largest absolute Gasteiger partial charge is 0.419 e. The third kappa shape index (κ3) is 3.51. The molecular formula is C13H14F4N2O2. The van der Waals surface area contributed by atoms with Crippen LogP contribution in [0.1, 0.15) is 18.4 Å². The number of hydrogen-bond acceptors (Lipinski definition) is 3. The molecule has 0 aliphatic carbocycles. The molecule has 1 aliphatic heterocycles. The number of rotatable bonds is 2. The first-order valence-corrected chi connectivity index (χ1v) is 6.27. The summed E-state index contributed by atoms with van der Waals surface area (Å²) in [5.41, 5.74) is 3.15. The Kier molecular flexibility index (Phi) is 4.20. The summed E-state index contributed by atoms with van der Waals surface area (Å²) in [7, 11) is 0. The van der Waals surface area contributed by atoms with Crippen LogP contribution in [-0.4, -0.2) is 24.7 Å². The number of halogens is 4. The van der Waals surface area contributed by atoms with Crippen molar-refractivity contribution in [2.75, 3.05) is 18.5 Å². The molecule has 0 aromatic heterocycles. The molecule has 8 heteroatoms. The molecule has 1 heterocycles. The van der Waals surface area contributed by atoms with Crippen LogP contribution in [-0.2, 0) is 15.7 Å². The number of amides is 1. The number of benzene rings is 1. The molecule has 0 saturated carbocycles. The van der Waals surface area contributed by atoms with Crippen LogP contribution in [0.15, 0.2) is 18.2 Å². The van der Waals surface area contributed by atoms with E-state index in [9.17, 15) is 22.4 Å². The van der Waals surface area contributed by atoms with Gasteiger partial charge in [-0.3, -0.25) is 4.79 Å². The third-order valence-corrected chi connectivity index (χ3v) is 3.37. The quantitative estimate of drug-likeness (QED) is 0.824. The van der Waals surface area contributed by atoms with Crippen molar-refractivity contribution in [3.8, 4) is 0 Å². The molecule has 21 heavy (non-hydrogen) atoms. The summed E-state index contributed by atoms with van der Waals surface area (Å²) in [5.74, 6) is -2.00. The Bertz CT molecular complexity index is 539. The lowest BCUT2D eigenvalue weighted by Crippen LogP contribution is -2.54. The maximum absolute atomic E-state index is 13.2. The van der Waals surface area contributed by atoms with Gasteiger partial charge in [0.15, 0.2) is 0 Å². The highest BCUT2D eigenvalue weighted by molar-refractivity contribution is 5.98. The van der Waals surface area contributed by atoms with Gasteiger partial charge in [-0.2, -0.15) is 13.2 Å². The fourth-order valence-electron chi connectivity index (χ4n) is 2.04. The van der Waals surface area contributed by atoms with Crippen LogP contribution >= 0.6 is 0 Å². The van der Waals surface area contributed by atoms with Crippen molar-refractivity contribution in [3.05, 3.63) is 29.6 Å². The molecule has 0 spiro atoms. The van der Waals surface area contributed by atoms with Gasteiger partial charge in [0.1, 0.15) is 11.4 Å². The lowest BCUT2D eigenvalue weighted by Gasteiger charge is -2.31. The molecule has 0 atom stereocenters. The number of ether oxygens (including phenoxy) is 1. The molecule has 1 saturated heterocycles. The van der Waals surface area contributed by atoms with E-state index in [1.54, 1.807) is 0 Å². The van der Waals surface area contributed by atoms with E-state index in [0.717, 1.165) is 6.07 Å². The fourth-order valence-corrected chi connectivity index (χ4v) is 2.04. The summed E-state index contributed by atoms with van der Waals surface area (Å²) < 4.78 is 56.1. The molecule has 1 aliphatic rings. The van der Waals surface area contributed by atoms with Crippen LogP contribution in [0.5, 0.6) is 0 Å². The van der Waals surface area contributed by atoms with E-state index in [0.29, 0.717) is 25.3 Å².